The summed E-state index contributed by atoms with van der Waals surface area (Å²) in [6, 6.07) is 1.05. The maximum Gasteiger partial charge on any atom is 0.164 e. The van der Waals surface area contributed by atoms with Gasteiger partial charge < -0.3 is 10.2 Å². The molecule has 0 aromatic heterocycles. The van der Waals surface area contributed by atoms with Crippen molar-refractivity contribution in [2.24, 2.45) is 5.73 Å². The van der Waals surface area contributed by atoms with Crippen molar-refractivity contribution in [3.63, 3.8) is 0 Å². The number of rotatable bonds is 3. The summed E-state index contributed by atoms with van der Waals surface area (Å²) in [5.41, 5.74) is 5.06. The number of hydrogen-bond acceptors (Lipinski definition) is 2. The monoisotopic (exact) mass is 117 g/mol. The lowest BCUT2D eigenvalue weighted by Gasteiger charge is -1.86. The highest BCUT2D eigenvalue weighted by atomic mass is 28.2. The van der Waals surface area contributed by atoms with Gasteiger partial charge in [0.25, 0.3) is 0 Å². The highest BCUT2D eigenvalue weighted by Gasteiger charge is 1.74. The molecule has 0 aliphatic heterocycles. The van der Waals surface area contributed by atoms with Crippen LogP contribution < -0.4 is 5.73 Å². The zero-order chi connectivity index (χ0) is 5.54. The normalized spacial score (nSPS) is 12.1. The molecule has 2 nitrogen and oxygen atoms in total. The van der Waals surface area contributed by atoms with E-state index in [9.17, 15) is 0 Å². The van der Waals surface area contributed by atoms with Gasteiger partial charge in [0, 0.05) is 7.11 Å². The Bertz CT molecular complexity index is 55.7. The van der Waals surface area contributed by atoms with Crippen molar-refractivity contribution in [3.05, 3.63) is 12.3 Å². The largest absolute Gasteiger partial charge is 0.427 e. The Hall–Kier alpha value is -0.283. The van der Waals surface area contributed by atoms with Gasteiger partial charge >= 0.3 is 0 Å². The summed E-state index contributed by atoms with van der Waals surface area (Å²) < 4.78 is 4.88. The first-order valence-corrected chi connectivity index (χ1v) is 3.85. The van der Waals surface area contributed by atoms with E-state index in [0.29, 0.717) is 0 Å². The Labute approximate surface area is 46.3 Å². The van der Waals surface area contributed by atoms with E-state index in [1.165, 1.54) is 0 Å². The number of nitrogens with two attached hydrogens (primary N) is 1. The topological polar surface area (TPSA) is 35.2 Å². The van der Waals surface area contributed by atoms with E-state index in [1.54, 1.807) is 13.3 Å². The maximum absolute atomic E-state index is 5.06. The minimum atomic E-state index is -0.256. The van der Waals surface area contributed by atoms with Crippen LogP contribution in [0.2, 0.25) is 6.04 Å². The van der Waals surface area contributed by atoms with Crippen LogP contribution in [0, 0.1) is 0 Å². The third kappa shape index (κ3) is 5.72. The van der Waals surface area contributed by atoms with E-state index in [-0.39, 0.29) is 9.76 Å². The van der Waals surface area contributed by atoms with Gasteiger partial charge in [-0.25, -0.2) is 0 Å². The van der Waals surface area contributed by atoms with E-state index in [0.717, 1.165) is 6.04 Å². The second-order valence-electron chi connectivity index (χ2n) is 1.21. The fraction of sp³-hybridized carbons (Fsp3) is 0.500. The molecule has 0 aromatic carbocycles. The van der Waals surface area contributed by atoms with Crippen molar-refractivity contribution < 1.29 is 4.43 Å². The summed E-state index contributed by atoms with van der Waals surface area (Å²) in [6.45, 7) is 0. The lowest BCUT2D eigenvalue weighted by molar-refractivity contribution is 0.443. The highest BCUT2D eigenvalue weighted by Crippen LogP contribution is 1.77. The van der Waals surface area contributed by atoms with Gasteiger partial charge in [0.2, 0.25) is 0 Å². The zero-order valence-electron chi connectivity index (χ0n) is 4.55. The molecule has 0 spiro atoms. The molecule has 0 heterocycles. The van der Waals surface area contributed by atoms with Gasteiger partial charge in [0.15, 0.2) is 9.76 Å². The smallest absolute Gasteiger partial charge is 0.164 e. The van der Waals surface area contributed by atoms with Crippen molar-refractivity contribution in [2.75, 3.05) is 7.11 Å². The van der Waals surface area contributed by atoms with Gasteiger partial charge in [-0.05, 0) is 12.2 Å². The molecule has 0 aliphatic carbocycles. The van der Waals surface area contributed by atoms with Gasteiger partial charge in [-0.3, -0.25) is 0 Å². The second-order valence-corrected chi connectivity index (χ2v) is 2.77. The van der Waals surface area contributed by atoms with Crippen LogP contribution in [0.4, 0.5) is 0 Å². The quantitative estimate of drug-likeness (QED) is 0.403. The molecular formula is C4H11NOSi. The fourth-order valence-electron chi connectivity index (χ4n) is 0.282. The summed E-state index contributed by atoms with van der Waals surface area (Å²) in [4.78, 5) is 0. The first kappa shape index (κ1) is 6.72. The average Bonchev–Trinajstić information content (AvgIpc) is 1.69. The SMILES string of the molecule is CO[SiH2]CC=CN. The lowest BCUT2D eigenvalue weighted by Crippen LogP contribution is -1.89. The Morgan fingerprint density at radius 2 is 2.57 bits per heavy atom. The molecule has 7 heavy (non-hydrogen) atoms. The summed E-state index contributed by atoms with van der Waals surface area (Å²) in [7, 11) is 1.48. The molecule has 0 saturated carbocycles. The molecule has 0 aromatic rings. The Balaban J connectivity index is 2.69. The summed E-state index contributed by atoms with van der Waals surface area (Å²) in [6.07, 6.45) is 3.49. The van der Waals surface area contributed by atoms with Crippen LogP contribution in [-0.4, -0.2) is 16.9 Å². The predicted molar refractivity (Wildman–Crippen MR) is 33.7 cm³/mol. The number of hydrogen-bond donors (Lipinski definition) is 1. The van der Waals surface area contributed by atoms with E-state index in [1.807, 2.05) is 6.08 Å². The van der Waals surface area contributed by atoms with E-state index < -0.39 is 0 Å². The van der Waals surface area contributed by atoms with Crippen molar-refractivity contribution in [3.8, 4) is 0 Å². The Morgan fingerprint density at radius 1 is 1.86 bits per heavy atom. The van der Waals surface area contributed by atoms with E-state index in [2.05, 4.69) is 0 Å². The summed E-state index contributed by atoms with van der Waals surface area (Å²) in [5, 5.41) is 0. The highest BCUT2D eigenvalue weighted by molar-refractivity contribution is 6.27. The molecule has 0 rings (SSSR count). The molecule has 3 heteroatoms. The van der Waals surface area contributed by atoms with Crippen LogP contribution in [0.5, 0.6) is 0 Å². The maximum atomic E-state index is 5.06. The van der Waals surface area contributed by atoms with Crippen LogP contribution in [-0.2, 0) is 4.43 Å². The molecule has 0 amide bonds. The van der Waals surface area contributed by atoms with Crippen LogP contribution in [0.3, 0.4) is 0 Å². The summed E-state index contributed by atoms with van der Waals surface area (Å²) >= 11 is 0. The van der Waals surface area contributed by atoms with E-state index in [4.69, 9.17) is 10.2 Å². The van der Waals surface area contributed by atoms with Gasteiger partial charge in [-0.1, -0.05) is 6.08 Å². The minimum Gasteiger partial charge on any atom is -0.427 e. The first-order chi connectivity index (χ1) is 3.41. The molecule has 0 unspecified atom stereocenters. The van der Waals surface area contributed by atoms with Crippen LogP contribution in [0.25, 0.3) is 0 Å². The van der Waals surface area contributed by atoms with Crippen molar-refractivity contribution in [2.45, 2.75) is 6.04 Å². The molecule has 0 fully saturated rings. The van der Waals surface area contributed by atoms with Crippen LogP contribution in [0.15, 0.2) is 12.3 Å². The summed E-state index contributed by atoms with van der Waals surface area (Å²) in [5.74, 6) is 0. The van der Waals surface area contributed by atoms with E-state index >= 15 is 0 Å². The first-order valence-electron chi connectivity index (χ1n) is 2.27. The van der Waals surface area contributed by atoms with Crippen molar-refractivity contribution >= 4 is 9.76 Å². The predicted octanol–water partition coefficient (Wildman–Crippen LogP) is -0.393. The zero-order valence-corrected chi connectivity index (χ0v) is 5.97. The molecule has 0 atom stereocenters. The fourth-order valence-corrected chi connectivity index (χ4v) is 0.846. The Morgan fingerprint density at radius 3 is 3.00 bits per heavy atom. The standard InChI is InChI=1S/C4H11NOSi/c1-6-7-4-2-3-5/h2-3H,4-5,7H2,1H3. The lowest BCUT2D eigenvalue weighted by atomic mass is 10.7. The molecule has 0 bridgehead atoms. The van der Waals surface area contributed by atoms with Gasteiger partial charge in [-0.2, -0.15) is 0 Å². The minimum absolute atomic E-state index is 0.256. The molecular weight excluding hydrogens is 106 g/mol. The molecule has 42 valence electrons. The average molecular weight is 117 g/mol. The Kier molecular flexibility index (Phi) is 5.49. The number of allylic oxidation sites excluding steroid dienone is 1. The third-order valence-corrected chi connectivity index (χ3v) is 1.60. The van der Waals surface area contributed by atoms with Crippen LogP contribution >= 0.6 is 0 Å². The van der Waals surface area contributed by atoms with Gasteiger partial charge in [0.1, 0.15) is 0 Å². The molecule has 2 N–H and O–H groups in total. The molecule has 0 aliphatic rings. The van der Waals surface area contributed by atoms with Gasteiger partial charge in [0.05, 0.1) is 0 Å². The third-order valence-electron chi connectivity index (χ3n) is 0.625. The second kappa shape index (κ2) is 5.72. The molecule has 0 radical (unpaired) electrons. The van der Waals surface area contributed by atoms with Crippen LogP contribution in [0.1, 0.15) is 0 Å². The van der Waals surface area contributed by atoms with Gasteiger partial charge in [-0.15, -0.1) is 0 Å². The molecule has 0 saturated heterocycles. The van der Waals surface area contributed by atoms with Crippen molar-refractivity contribution in [1.29, 1.82) is 0 Å². The van der Waals surface area contributed by atoms with Crippen molar-refractivity contribution in [1.82, 2.24) is 0 Å².